The number of methoxy groups -OCH3 is 1. The topological polar surface area (TPSA) is 159 Å². The summed E-state index contributed by atoms with van der Waals surface area (Å²) in [6.07, 6.45) is 0. The van der Waals surface area contributed by atoms with Crippen LogP contribution < -0.4 is 4.74 Å². The summed E-state index contributed by atoms with van der Waals surface area (Å²) in [6, 6.07) is 9.59. The molecule has 33 heavy (non-hydrogen) atoms. The van der Waals surface area contributed by atoms with Crippen molar-refractivity contribution in [3.05, 3.63) is 71.2 Å². The molecule has 2 aromatic carbocycles. The summed E-state index contributed by atoms with van der Waals surface area (Å²) >= 11 is 0. The molecule has 0 bridgehead atoms. The number of carbonyl (C=O) groups is 3. The first kappa shape index (κ1) is 23.7. The molecular weight excluding hydrogens is 461 g/mol. The molecule has 12 heteroatoms. The van der Waals surface area contributed by atoms with E-state index in [-0.39, 0.29) is 11.3 Å². The van der Waals surface area contributed by atoms with E-state index in [4.69, 9.17) is 4.74 Å². The third kappa shape index (κ3) is 3.48. The van der Waals surface area contributed by atoms with E-state index in [1.54, 1.807) is 6.92 Å². The number of hydrogen-bond donors (Lipinski definition) is 3. The molecule has 1 aliphatic heterocycles. The first-order valence-electron chi connectivity index (χ1n) is 9.26. The van der Waals surface area contributed by atoms with Crippen molar-refractivity contribution in [2.24, 2.45) is 0 Å². The summed E-state index contributed by atoms with van der Waals surface area (Å²) < 4.78 is 46.7. The highest BCUT2D eigenvalue weighted by atomic mass is 32.2. The standard InChI is InChI=1S/C21H18FNO9S/c1-11-3-9-14(10-4-11)33(30,31)23-17(22)15(18(24)25)16(21(23,19(26)27)20(28)29)12-5-7-13(32-2)8-6-12/h3-10,16H,1-2H3,(H,24,25)(H,26,27)(H,28,29). The van der Waals surface area contributed by atoms with Gasteiger partial charge < -0.3 is 20.1 Å². The zero-order valence-electron chi connectivity index (χ0n) is 17.2. The SMILES string of the molecule is COc1ccc(C2C(C(=O)O)=C(F)N(S(=O)(=O)c3ccc(C)cc3)C2(C(=O)O)C(=O)O)cc1. The van der Waals surface area contributed by atoms with E-state index >= 15 is 4.39 Å². The fraction of sp³-hybridized carbons (Fsp3) is 0.190. The van der Waals surface area contributed by atoms with Gasteiger partial charge >= 0.3 is 17.9 Å². The number of aryl methyl sites for hydroxylation is 1. The fourth-order valence-electron chi connectivity index (χ4n) is 3.75. The number of benzene rings is 2. The Bertz CT molecular complexity index is 1250. The normalized spacial score (nSPS) is 17.7. The van der Waals surface area contributed by atoms with Gasteiger partial charge in [0.05, 0.1) is 17.9 Å². The minimum atomic E-state index is -5.17. The lowest BCUT2D eigenvalue weighted by Crippen LogP contribution is -2.61. The van der Waals surface area contributed by atoms with Gasteiger partial charge in [-0.15, -0.1) is 0 Å². The molecule has 10 nitrogen and oxygen atoms in total. The van der Waals surface area contributed by atoms with Crippen LogP contribution in [0.5, 0.6) is 5.75 Å². The lowest BCUT2D eigenvalue weighted by molar-refractivity contribution is -0.163. The molecule has 0 spiro atoms. The largest absolute Gasteiger partial charge is 0.497 e. The number of halogens is 1. The quantitative estimate of drug-likeness (QED) is 0.399. The fourth-order valence-corrected chi connectivity index (χ4v) is 5.39. The molecular formula is C21H18FNO9S. The van der Waals surface area contributed by atoms with Crippen molar-refractivity contribution in [1.29, 1.82) is 0 Å². The van der Waals surface area contributed by atoms with Crippen molar-refractivity contribution in [2.45, 2.75) is 23.3 Å². The van der Waals surface area contributed by atoms with Crippen LogP contribution in [-0.2, 0) is 24.4 Å². The van der Waals surface area contributed by atoms with Crippen molar-refractivity contribution in [3.8, 4) is 5.75 Å². The molecule has 0 amide bonds. The number of rotatable bonds is 7. The minimum absolute atomic E-state index is 0.255. The summed E-state index contributed by atoms with van der Waals surface area (Å²) in [4.78, 5) is 36.2. The molecule has 1 unspecified atom stereocenters. The van der Waals surface area contributed by atoms with Gasteiger partial charge in [0.2, 0.25) is 5.95 Å². The average molecular weight is 479 g/mol. The van der Waals surface area contributed by atoms with E-state index in [0.717, 1.165) is 24.3 Å². The van der Waals surface area contributed by atoms with Crippen LogP contribution in [0.1, 0.15) is 17.0 Å². The van der Waals surface area contributed by atoms with Gasteiger partial charge in [-0.1, -0.05) is 29.8 Å². The molecule has 1 atom stereocenters. The van der Waals surface area contributed by atoms with E-state index in [9.17, 15) is 38.1 Å². The highest BCUT2D eigenvalue weighted by Gasteiger charge is 2.70. The third-order valence-corrected chi connectivity index (χ3v) is 7.12. The first-order chi connectivity index (χ1) is 15.4. The van der Waals surface area contributed by atoms with Crippen molar-refractivity contribution in [2.75, 3.05) is 7.11 Å². The highest BCUT2D eigenvalue weighted by Crippen LogP contribution is 2.52. The molecule has 1 heterocycles. The maximum Gasteiger partial charge on any atom is 0.343 e. The summed E-state index contributed by atoms with van der Waals surface area (Å²) in [7, 11) is -3.85. The van der Waals surface area contributed by atoms with E-state index in [0.29, 0.717) is 5.56 Å². The first-order valence-corrected chi connectivity index (χ1v) is 10.7. The summed E-state index contributed by atoms with van der Waals surface area (Å²) in [5.41, 5.74) is -4.51. The predicted molar refractivity (Wildman–Crippen MR) is 110 cm³/mol. The summed E-state index contributed by atoms with van der Waals surface area (Å²) in [5, 5.41) is 29.7. The molecule has 3 N–H and O–H groups in total. The number of carboxylic acids is 3. The Morgan fingerprint density at radius 1 is 0.970 bits per heavy atom. The Hall–Kier alpha value is -3.93. The van der Waals surface area contributed by atoms with Crippen LogP contribution in [0.4, 0.5) is 4.39 Å². The zero-order valence-corrected chi connectivity index (χ0v) is 18.0. The Balaban J connectivity index is 2.41. The molecule has 0 aromatic heterocycles. The maximum atomic E-state index is 15.6. The van der Waals surface area contributed by atoms with E-state index in [2.05, 4.69) is 0 Å². The summed E-state index contributed by atoms with van der Waals surface area (Å²) in [5.74, 6) is -10.5. The van der Waals surface area contributed by atoms with E-state index in [1.165, 1.54) is 31.4 Å². The van der Waals surface area contributed by atoms with Crippen LogP contribution in [0, 0.1) is 6.92 Å². The van der Waals surface area contributed by atoms with Crippen molar-refractivity contribution < 1.29 is 47.2 Å². The van der Waals surface area contributed by atoms with Gasteiger partial charge in [-0.3, -0.25) is 0 Å². The smallest absolute Gasteiger partial charge is 0.343 e. The van der Waals surface area contributed by atoms with Crippen LogP contribution in [0.15, 0.2) is 65.0 Å². The van der Waals surface area contributed by atoms with Gasteiger partial charge in [-0.05, 0) is 36.8 Å². The van der Waals surface area contributed by atoms with Crippen molar-refractivity contribution in [1.82, 2.24) is 4.31 Å². The molecule has 0 saturated carbocycles. The molecule has 0 fully saturated rings. The Morgan fingerprint density at radius 2 is 1.48 bits per heavy atom. The molecule has 174 valence electrons. The Labute approximate surface area is 187 Å². The Morgan fingerprint density at radius 3 is 1.91 bits per heavy atom. The summed E-state index contributed by atoms with van der Waals surface area (Å²) in [6.45, 7) is 1.63. The zero-order chi connectivity index (χ0) is 24.7. The van der Waals surface area contributed by atoms with Gasteiger partial charge in [0.15, 0.2) is 0 Å². The average Bonchev–Trinajstić information content (AvgIpc) is 3.05. The van der Waals surface area contributed by atoms with Gasteiger partial charge in [0.25, 0.3) is 15.6 Å². The molecule has 3 rings (SSSR count). The maximum absolute atomic E-state index is 15.6. The Kier molecular flexibility index (Phi) is 5.90. The van der Waals surface area contributed by atoms with E-state index < -0.39 is 60.1 Å². The van der Waals surface area contributed by atoms with Crippen molar-refractivity contribution >= 4 is 27.9 Å². The van der Waals surface area contributed by atoms with Gasteiger partial charge in [0, 0.05) is 0 Å². The molecule has 0 saturated heterocycles. The predicted octanol–water partition coefficient (Wildman–Crippen LogP) is 1.97. The number of aliphatic carboxylic acids is 3. The molecule has 0 radical (unpaired) electrons. The monoisotopic (exact) mass is 479 g/mol. The lowest BCUT2D eigenvalue weighted by atomic mass is 9.77. The second-order valence-corrected chi connectivity index (χ2v) is 8.96. The van der Waals surface area contributed by atoms with Gasteiger partial charge in [-0.2, -0.15) is 4.39 Å². The number of ether oxygens (including phenoxy) is 1. The van der Waals surface area contributed by atoms with Crippen LogP contribution in [0.3, 0.4) is 0 Å². The van der Waals surface area contributed by atoms with Crippen LogP contribution >= 0.6 is 0 Å². The molecule has 0 aliphatic carbocycles. The number of carboxylic acid groups (broad SMARTS) is 3. The number of nitrogens with zero attached hydrogens (tertiary/aromatic N) is 1. The number of sulfonamides is 1. The van der Waals surface area contributed by atoms with Crippen LogP contribution in [0.2, 0.25) is 0 Å². The second kappa shape index (κ2) is 8.20. The van der Waals surface area contributed by atoms with Crippen molar-refractivity contribution in [3.63, 3.8) is 0 Å². The van der Waals surface area contributed by atoms with Gasteiger partial charge in [0.1, 0.15) is 11.3 Å². The van der Waals surface area contributed by atoms with Gasteiger partial charge in [-0.25, -0.2) is 27.1 Å². The molecule has 2 aromatic rings. The number of hydrogen-bond acceptors (Lipinski definition) is 6. The third-order valence-electron chi connectivity index (χ3n) is 5.32. The highest BCUT2D eigenvalue weighted by molar-refractivity contribution is 7.89. The van der Waals surface area contributed by atoms with Crippen LogP contribution in [-0.4, -0.2) is 58.6 Å². The lowest BCUT2D eigenvalue weighted by Gasteiger charge is -2.35. The minimum Gasteiger partial charge on any atom is -0.497 e. The van der Waals surface area contributed by atoms with Crippen LogP contribution in [0.25, 0.3) is 0 Å². The van der Waals surface area contributed by atoms with E-state index in [1.807, 2.05) is 0 Å². The molecule has 1 aliphatic rings. The second-order valence-electron chi connectivity index (χ2n) is 7.17.